The van der Waals surface area contributed by atoms with Crippen LogP contribution in [0.15, 0.2) is 36.4 Å². The Morgan fingerprint density at radius 2 is 1.71 bits per heavy atom. The van der Waals surface area contributed by atoms with Gasteiger partial charge in [0.2, 0.25) is 0 Å². The number of halogens is 5. The minimum atomic E-state index is -4.72. The highest BCUT2D eigenvalue weighted by Gasteiger charge is 2.44. The molecule has 2 aromatic carbocycles. The number of aliphatic hydroxyl groups excluding tert-OH is 4. The maximum atomic E-state index is 13.8. The topological polar surface area (TPSA) is 90.2 Å². The molecular weight excluding hydrogens is 464 g/mol. The lowest BCUT2D eigenvalue weighted by atomic mass is 10.0. The molecule has 2 aromatic rings. The molecule has 3 rings (SSSR count). The van der Waals surface area contributed by atoms with E-state index in [1.165, 1.54) is 18.2 Å². The van der Waals surface area contributed by atoms with Gasteiger partial charge in [-0.2, -0.15) is 13.2 Å². The predicted octanol–water partition coefficient (Wildman–Crippen LogP) is 2.98. The monoisotopic (exact) mass is 482 g/mol. The van der Waals surface area contributed by atoms with Crippen LogP contribution in [0.1, 0.15) is 16.7 Å². The number of alkyl halides is 3. The van der Waals surface area contributed by atoms with Crippen LogP contribution in [0.2, 0.25) is 5.02 Å². The zero-order valence-electron chi connectivity index (χ0n) is 15.8. The van der Waals surface area contributed by atoms with E-state index >= 15 is 0 Å². The Morgan fingerprint density at radius 1 is 1.00 bits per heavy atom. The molecule has 170 valence electrons. The molecule has 11 heteroatoms. The second-order valence-electron chi connectivity index (χ2n) is 7.09. The summed E-state index contributed by atoms with van der Waals surface area (Å²) in [6, 6.07) is 6.51. The van der Waals surface area contributed by atoms with Crippen LogP contribution in [0.3, 0.4) is 0 Å². The number of benzene rings is 2. The normalized spacial score (nSPS) is 26.7. The minimum Gasteiger partial charge on any atom is -0.477 e. The van der Waals surface area contributed by atoms with Gasteiger partial charge < -0.3 is 25.2 Å². The van der Waals surface area contributed by atoms with E-state index in [1.54, 1.807) is 0 Å². The molecule has 0 radical (unpaired) electrons. The summed E-state index contributed by atoms with van der Waals surface area (Å²) in [6.07, 6.45) is -9.32. The summed E-state index contributed by atoms with van der Waals surface area (Å²) in [5, 5.41) is 39.0. The summed E-state index contributed by atoms with van der Waals surface area (Å²) < 4.78 is 58.6. The Balaban J connectivity index is 1.89. The van der Waals surface area contributed by atoms with Gasteiger partial charge in [-0.15, -0.1) is 11.8 Å². The third kappa shape index (κ3) is 5.63. The van der Waals surface area contributed by atoms with Crippen molar-refractivity contribution < 1.29 is 42.7 Å². The number of aliphatic hydroxyl groups is 4. The molecule has 4 N–H and O–H groups in total. The fraction of sp³-hybridized carbons (Fsp3) is 0.400. The quantitative estimate of drug-likeness (QED) is 0.490. The molecule has 1 heterocycles. The lowest BCUT2D eigenvalue weighted by Gasteiger charge is -2.39. The second kappa shape index (κ2) is 9.51. The number of rotatable bonds is 5. The van der Waals surface area contributed by atoms with Gasteiger partial charge in [-0.05, 0) is 42.0 Å². The van der Waals surface area contributed by atoms with Gasteiger partial charge in [0.1, 0.15) is 23.8 Å². The molecular formula is C20H19ClF4O5S. The Labute approximate surface area is 184 Å². The highest BCUT2D eigenvalue weighted by atomic mass is 35.5. The van der Waals surface area contributed by atoms with E-state index in [0.717, 1.165) is 23.9 Å². The third-order valence-corrected chi connectivity index (χ3v) is 6.45. The van der Waals surface area contributed by atoms with Crippen molar-refractivity contribution in [3.63, 3.8) is 0 Å². The zero-order chi connectivity index (χ0) is 22.9. The molecule has 0 saturated carbocycles. The van der Waals surface area contributed by atoms with Crippen LogP contribution in [0.25, 0.3) is 0 Å². The molecule has 1 aliphatic heterocycles. The van der Waals surface area contributed by atoms with E-state index < -0.39 is 53.2 Å². The number of thioether (sulfide) groups is 1. The molecule has 5 unspecified atom stereocenters. The van der Waals surface area contributed by atoms with Crippen LogP contribution in [0.5, 0.6) is 5.75 Å². The lowest BCUT2D eigenvalue weighted by Crippen LogP contribution is -2.55. The Kier molecular flexibility index (Phi) is 7.39. The van der Waals surface area contributed by atoms with Gasteiger partial charge in [0.15, 0.2) is 5.44 Å². The first-order valence-corrected chi connectivity index (χ1v) is 10.4. The SMILES string of the molecule is OCC1SC(Oc2ccc(Cl)cc2Cc2cc(F)cc(C(F)(F)F)c2)C(O)C(O)C1O. The Morgan fingerprint density at radius 3 is 2.35 bits per heavy atom. The highest BCUT2D eigenvalue weighted by molar-refractivity contribution is 8.00. The van der Waals surface area contributed by atoms with Gasteiger partial charge in [-0.1, -0.05) is 11.6 Å². The number of hydrogen-bond donors (Lipinski definition) is 4. The van der Waals surface area contributed by atoms with Gasteiger partial charge in [0.05, 0.1) is 23.5 Å². The lowest BCUT2D eigenvalue weighted by molar-refractivity contribution is -0.137. The summed E-state index contributed by atoms with van der Waals surface area (Å²) in [5.74, 6) is -0.908. The van der Waals surface area contributed by atoms with E-state index in [4.69, 9.17) is 16.3 Å². The Hall–Kier alpha value is -1.56. The first-order chi connectivity index (χ1) is 14.5. The molecule has 0 spiro atoms. The average molecular weight is 483 g/mol. The second-order valence-corrected chi connectivity index (χ2v) is 8.87. The number of ether oxygens (including phenoxy) is 1. The summed E-state index contributed by atoms with van der Waals surface area (Å²) in [6.45, 7) is -0.480. The van der Waals surface area contributed by atoms with Crippen molar-refractivity contribution in [1.82, 2.24) is 0 Å². The van der Waals surface area contributed by atoms with E-state index in [-0.39, 0.29) is 22.8 Å². The molecule has 1 saturated heterocycles. The summed E-state index contributed by atoms with van der Waals surface area (Å²) in [5.41, 5.74) is -1.87. The van der Waals surface area contributed by atoms with Crippen LogP contribution in [0.4, 0.5) is 17.6 Å². The van der Waals surface area contributed by atoms with Crippen LogP contribution in [0, 0.1) is 5.82 Å². The van der Waals surface area contributed by atoms with E-state index in [2.05, 4.69) is 0 Å². The van der Waals surface area contributed by atoms with Crippen LogP contribution < -0.4 is 4.74 Å². The summed E-state index contributed by atoms with van der Waals surface area (Å²) in [7, 11) is 0. The van der Waals surface area contributed by atoms with Crippen molar-refractivity contribution in [3.05, 3.63) is 63.9 Å². The van der Waals surface area contributed by atoms with Crippen LogP contribution >= 0.6 is 23.4 Å². The predicted molar refractivity (Wildman–Crippen MR) is 107 cm³/mol. The highest BCUT2D eigenvalue weighted by Crippen LogP contribution is 2.37. The molecule has 5 nitrogen and oxygen atoms in total. The molecule has 1 fully saturated rings. The fourth-order valence-electron chi connectivity index (χ4n) is 3.23. The van der Waals surface area contributed by atoms with Gasteiger partial charge in [0, 0.05) is 17.0 Å². The standard InChI is InChI=1S/C20H19ClF4O5S/c21-12-1-2-14(30-19-18(29)17(28)16(27)15(8-26)31-19)10(6-12)3-9-4-11(20(23,24)25)7-13(22)5-9/h1-2,4-7,15-19,26-29H,3,8H2. The van der Waals surface area contributed by atoms with Crippen molar-refractivity contribution in [2.24, 2.45) is 0 Å². The van der Waals surface area contributed by atoms with Crippen molar-refractivity contribution in [2.75, 3.05) is 6.61 Å². The van der Waals surface area contributed by atoms with Gasteiger partial charge in [0.25, 0.3) is 0 Å². The molecule has 0 bridgehead atoms. The largest absolute Gasteiger partial charge is 0.477 e. The first kappa shape index (κ1) is 24.1. The van der Waals surface area contributed by atoms with Crippen molar-refractivity contribution in [3.8, 4) is 5.75 Å². The molecule has 31 heavy (non-hydrogen) atoms. The van der Waals surface area contributed by atoms with Crippen molar-refractivity contribution in [2.45, 2.75) is 41.6 Å². The minimum absolute atomic E-state index is 0.0278. The van der Waals surface area contributed by atoms with Crippen molar-refractivity contribution >= 4 is 23.4 Å². The van der Waals surface area contributed by atoms with E-state index in [1.807, 2.05) is 0 Å². The third-order valence-electron chi connectivity index (χ3n) is 4.79. The molecule has 5 atom stereocenters. The van der Waals surface area contributed by atoms with Gasteiger partial charge >= 0.3 is 6.18 Å². The summed E-state index contributed by atoms with van der Waals surface area (Å²) >= 11 is 6.91. The Bertz CT molecular complexity index is 927. The molecule has 1 aliphatic rings. The molecule has 0 aromatic heterocycles. The summed E-state index contributed by atoms with van der Waals surface area (Å²) in [4.78, 5) is 0. The molecule has 0 aliphatic carbocycles. The van der Waals surface area contributed by atoms with Gasteiger partial charge in [-0.3, -0.25) is 0 Å². The molecule has 0 amide bonds. The first-order valence-electron chi connectivity index (χ1n) is 9.12. The van der Waals surface area contributed by atoms with Gasteiger partial charge in [-0.25, -0.2) is 4.39 Å². The maximum absolute atomic E-state index is 13.8. The van der Waals surface area contributed by atoms with E-state index in [0.29, 0.717) is 11.6 Å². The maximum Gasteiger partial charge on any atom is 0.416 e. The van der Waals surface area contributed by atoms with Crippen molar-refractivity contribution in [1.29, 1.82) is 0 Å². The smallest absolute Gasteiger partial charge is 0.416 e. The fourth-order valence-corrected chi connectivity index (χ4v) is 4.66. The number of hydrogen-bond acceptors (Lipinski definition) is 6. The van der Waals surface area contributed by atoms with Crippen LogP contribution in [-0.2, 0) is 12.6 Å². The zero-order valence-corrected chi connectivity index (χ0v) is 17.3. The van der Waals surface area contributed by atoms with Crippen LogP contribution in [-0.4, -0.2) is 56.0 Å². The van der Waals surface area contributed by atoms with E-state index in [9.17, 15) is 38.0 Å². The average Bonchev–Trinajstić information content (AvgIpc) is 2.69.